The van der Waals surface area contributed by atoms with Crippen LogP contribution in [-0.2, 0) is 6.54 Å². The third-order valence-electron chi connectivity index (χ3n) is 4.61. The molecule has 2 aromatic carbocycles. The van der Waals surface area contributed by atoms with Crippen molar-refractivity contribution in [3.05, 3.63) is 75.7 Å². The number of hydrogen-bond acceptors (Lipinski definition) is 4. The number of anilines is 1. The maximum absolute atomic E-state index is 13.3. The van der Waals surface area contributed by atoms with E-state index in [1.807, 2.05) is 54.1 Å². The molecule has 148 valence electrons. The van der Waals surface area contributed by atoms with Gasteiger partial charge in [-0.05, 0) is 49.2 Å². The van der Waals surface area contributed by atoms with Gasteiger partial charge >= 0.3 is 0 Å². The highest BCUT2D eigenvalue weighted by atomic mass is 79.9. The number of aromatic nitrogens is 3. The highest BCUT2D eigenvalue weighted by Gasteiger charge is 2.22. The first kappa shape index (κ1) is 20.1. The fraction of sp³-hybridized carbons (Fsp3) is 0.190. The van der Waals surface area contributed by atoms with Crippen molar-refractivity contribution in [3.8, 4) is 0 Å². The van der Waals surface area contributed by atoms with Gasteiger partial charge in [0.05, 0.1) is 21.6 Å². The Hall–Kier alpha value is -2.22. The number of rotatable bonds is 6. The van der Waals surface area contributed by atoms with E-state index in [-0.39, 0.29) is 5.91 Å². The second-order valence-electron chi connectivity index (χ2n) is 6.66. The molecule has 0 N–H and O–H groups in total. The van der Waals surface area contributed by atoms with E-state index < -0.39 is 0 Å². The summed E-state index contributed by atoms with van der Waals surface area (Å²) in [5.74, 6) is -0.0732. The van der Waals surface area contributed by atoms with Crippen molar-refractivity contribution in [2.45, 2.75) is 19.9 Å². The Labute approximate surface area is 186 Å². The standard InChI is InChI=1S/C21H18BrClN4OS/c1-14-3-8-17(23)19-18(14)25-21(29-19)27(11-2-10-26-12-9-24-13-26)20(28)15-4-6-16(22)7-5-15/h3-9,12-13H,2,10-11H2,1H3. The number of imidazole rings is 1. The number of hydrogen-bond donors (Lipinski definition) is 0. The number of halogens is 2. The highest BCUT2D eigenvalue weighted by molar-refractivity contribution is 9.10. The number of fused-ring (bicyclic) bond motifs is 1. The van der Waals surface area contributed by atoms with Gasteiger partial charge in [0.25, 0.3) is 5.91 Å². The molecule has 0 saturated carbocycles. The average Bonchev–Trinajstić information content (AvgIpc) is 3.39. The lowest BCUT2D eigenvalue weighted by molar-refractivity contribution is 0.0986. The summed E-state index contributed by atoms with van der Waals surface area (Å²) in [5.41, 5.74) is 2.51. The van der Waals surface area contributed by atoms with Gasteiger partial charge in [-0.3, -0.25) is 9.69 Å². The van der Waals surface area contributed by atoms with Crippen LogP contribution >= 0.6 is 38.9 Å². The van der Waals surface area contributed by atoms with E-state index in [9.17, 15) is 4.79 Å². The van der Waals surface area contributed by atoms with Gasteiger partial charge in [-0.25, -0.2) is 9.97 Å². The molecular weight excluding hydrogens is 472 g/mol. The van der Waals surface area contributed by atoms with Gasteiger partial charge in [-0.1, -0.05) is 44.9 Å². The molecule has 0 radical (unpaired) electrons. The Morgan fingerprint density at radius 2 is 2.03 bits per heavy atom. The number of carbonyl (C=O) groups is 1. The third kappa shape index (κ3) is 4.37. The molecule has 0 spiro atoms. The van der Waals surface area contributed by atoms with Crippen molar-refractivity contribution < 1.29 is 4.79 Å². The zero-order chi connectivity index (χ0) is 20.4. The lowest BCUT2D eigenvalue weighted by atomic mass is 10.2. The van der Waals surface area contributed by atoms with E-state index >= 15 is 0 Å². The number of benzene rings is 2. The summed E-state index contributed by atoms with van der Waals surface area (Å²) in [7, 11) is 0. The van der Waals surface area contributed by atoms with E-state index in [1.54, 1.807) is 17.4 Å². The number of thiazole rings is 1. The first-order valence-electron chi connectivity index (χ1n) is 9.12. The normalized spacial score (nSPS) is 11.1. The first-order chi connectivity index (χ1) is 14.0. The van der Waals surface area contributed by atoms with Crippen LogP contribution in [0.3, 0.4) is 0 Å². The van der Waals surface area contributed by atoms with E-state index in [2.05, 4.69) is 20.9 Å². The zero-order valence-electron chi connectivity index (χ0n) is 15.7. The van der Waals surface area contributed by atoms with Gasteiger partial charge in [-0.2, -0.15) is 0 Å². The van der Waals surface area contributed by atoms with Crippen LogP contribution in [0.15, 0.2) is 59.6 Å². The van der Waals surface area contributed by atoms with Crippen molar-refractivity contribution in [3.63, 3.8) is 0 Å². The van der Waals surface area contributed by atoms with Gasteiger partial charge in [0.1, 0.15) is 0 Å². The van der Waals surface area contributed by atoms with E-state index in [4.69, 9.17) is 16.6 Å². The second-order valence-corrected chi connectivity index (χ2v) is 8.96. The first-order valence-corrected chi connectivity index (χ1v) is 11.1. The van der Waals surface area contributed by atoms with E-state index in [0.29, 0.717) is 22.3 Å². The van der Waals surface area contributed by atoms with Crippen molar-refractivity contribution in [2.75, 3.05) is 11.4 Å². The van der Waals surface area contributed by atoms with Gasteiger partial charge in [0.15, 0.2) is 5.13 Å². The SMILES string of the molecule is Cc1ccc(Cl)c2sc(N(CCCn3ccnc3)C(=O)c3ccc(Br)cc3)nc12. The Morgan fingerprint density at radius 3 is 2.72 bits per heavy atom. The van der Waals surface area contributed by atoms with Crippen LogP contribution in [0.4, 0.5) is 5.13 Å². The summed E-state index contributed by atoms with van der Waals surface area (Å²) in [6.07, 6.45) is 6.23. The Bertz CT molecular complexity index is 1100. The van der Waals surface area contributed by atoms with Crippen LogP contribution in [0.2, 0.25) is 5.02 Å². The molecule has 0 aliphatic rings. The Balaban J connectivity index is 1.67. The quantitative estimate of drug-likeness (QED) is 0.336. The molecule has 0 aliphatic heterocycles. The molecule has 4 rings (SSSR count). The van der Waals surface area contributed by atoms with Crippen molar-refractivity contribution in [1.82, 2.24) is 14.5 Å². The van der Waals surface area contributed by atoms with Crippen molar-refractivity contribution >= 4 is 60.1 Å². The summed E-state index contributed by atoms with van der Waals surface area (Å²) >= 11 is 11.3. The zero-order valence-corrected chi connectivity index (χ0v) is 18.8. The minimum Gasteiger partial charge on any atom is -0.337 e. The van der Waals surface area contributed by atoms with Crippen LogP contribution in [0.25, 0.3) is 10.2 Å². The smallest absolute Gasteiger partial charge is 0.260 e. The summed E-state index contributed by atoms with van der Waals surface area (Å²) in [6.45, 7) is 3.32. The number of nitrogens with zero attached hydrogens (tertiary/aromatic N) is 4. The Kier molecular flexibility index (Phi) is 5.99. The van der Waals surface area contributed by atoms with Crippen LogP contribution in [0.5, 0.6) is 0 Å². The lowest BCUT2D eigenvalue weighted by Crippen LogP contribution is -2.32. The summed E-state index contributed by atoms with van der Waals surface area (Å²) in [6, 6.07) is 11.2. The lowest BCUT2D eigenvalue weighted by Gasteiger charge is -2.20. The van der Waals surface area contributed by atoms with Gasteiger partial charge in [0, 0.05) is 35.5 Å². The summed E-state index contributed by atoms with van der Waals surface area (Å²) < 4.78 is 3.84. The van der Waals surface area contributed by atoms with Crippen LogP contribution in [-0.4, -0.2) is 27.0 Å². The molecule has 1 amide bonds. The molecule has 0 atom stereocenters. The predicted molar refractivity (Wildman–Crippen MR) is 122 cm³/mol. The molecule has 8 heteroatoms. The van der Waals surface area contributed by atoms with Gasteiger partial charge in [-0.15, -0.1) is 0 Å². The average molecular weight is 490 g/mol. The molecule has 0 bridgehead atoms. The molecule has 29 heavy (non-hydrogen) atoms. The maximum Gasteiger partial charge on any atom is 0.260 e. The molecule has 2 aromatic heterocycles. The molecule has 2 heterocycles. The number of aryl methyl sites for hydroxylation is 2. The highest BCUT2D eigenvalue weighted by Crippen LogP contribution is 2.36. The maximum atomic E-state index is 13.3. The fourth-order valence-corrected chi connectivity index (χ4v) is 4.67. The second kappa shape index (κ2) is 8.65. The van der Waals surface area contributed by atoms with Gasteiger partial charge in [0.2, 0.25) is 0 Å². The fourth-order valence-electron chi connectivity index (χ4n) is 3.07. The topological polar surface area (TPSA) is 51.0 Å². The van der Waals surface area contributed by atoms with E-state index in [1.165, 1.54) is 11.3 Å². The van der Waals surface area contributed by atoms with Crippen molar-refractivity contribution in [2.24, 2.45) is 0 Å². The number of amides is 1. The minimum atomic E-state index is -0.0732. The van der Waals surface area contributed by atoms with Crippen LogP contribution < -0.4 is 4.90 Å². The third-order valence-corrected chi connectivity index (χ3v) is 6.68. The molecule has 4 aromatic rings. The molecule has 0 saturated heterocycles. The summed E-state index contributed by atoms with van der Waals surface area (Å²) in [5, 5.41) is 1.32. The van der Waals surface area contributed by atoms with Crippen molar-refractivity contribution in [1.29, 1.82) is 0 Å². The molecule has 5 nitrogen and oxygen atoms in total. The van der Waals surface area contributed by atoms with E-state index in [0.717, 1.165) is 33.2 Å². The molecule has 0 aliphatic carbocycles. The summed E-state index contributed by atoms with van der Waals surface area (Å²) in [4.78, 5) is 23.9. The van der Waals surface area contributed by atoms with Crippen LogP contribution in [0, 0.1) is 6.92 Å². The van der Waals surface area contributed by atoms with Gasteiger partial charge < -0.3 is 4.57 Å². The monoisotopic (exact) mass is 488 g/mol. The van der Waals surface area contributed by atoms with Crippen LogP contribution in [0.1, 0.15) is 22.3 Å². The largest absolute Gasteiger partial charge is 0.337 e. The minimum absolute atomic E-state index is 0.0732. The molecule has 0 fully saturated rings. The molecular formula is C21H18BrClN4OS. The predicted octanol–water partition coefficient (Wildman–Crippen LogP) is 5.95. The molecule has 0 unspecified atom stereocenters. The number of carbonyl (C=O) groups excluding carboxylic acids is 1. The Morgan fingerprint density at radius 1 is 1.24 bits per heavy atom.